The summed E-state index contributed by atoms with van der Waals surface area (Å²) >= 11 is 0. The van der Waals surface area contributed by atoms with E-state index in [4.69, 9.17) is 4.52 Å². The third-order valence-corrected chi connectivity index (χ3v) is 4.95. The van der Waals surface area contributed by atoms with Crippen LogP contribution in [-0.2, 0) is 9.73 Å². The molecule has 0 N–H and O–H groups in total. The van der Waals surface area contributed by atoms with Gasteiger partial charge in [-0.2, -0.15) is 9.35 Å². The minimum atomic E-state index is -2.91. The van der Waals surface area contributed by atoms with Gasteiger partial charge in [-0.15, -0.1) is 0 Å². The third-order valence-electron chi connectivity index (χ3n) is 3.26. The molecule has 1 unspecified atom stereocenters. The zero-order chi connectivity index (χ0) is 17.3. The predicted octanol–water partition coefficient (Wildman–Crippen LogP) is 4.11. The van der Waals surface area contributed by atoms with Crippen LogP contribution in [0.25, 0.3) is 11.4 Å². The van der Waals surface area contributed by atoms with E-state index in [9.17, 15) is 13.0 Å². The summed E-state index contributed by atoms with van der Waals surface area (Å²) in [4.78, 5) is 4.34. The van der Waals surface area contributed by atoms with E-state index in [-0.39, 0.29) is 11.5 Å². The van der Waals surface area contributed by atoms with Crippen LogP contribution in [0.4, 0.5) is 14.5 Å². The Balaban J connectivity index is 2.00. The summed E-state index contributed by atoms with van der Waals surface area (Å²) in [5.41, 5.74) is 0.364. The van der Waals surface area contributed by atoms with Gasteiger partial charge in [0.1, 0.15) is 17.3 Å². The van der Waals surface area contributed by atoms with Crippen LogP contribution >= 0.6 is 0 Å². The fourth-order valence-electron chi connectivity index (χ4n) is 2.06. The van der Waals surface area contributed by atoms with E-state index in [0.29, 0.717) is 16.3 Å². The van der Waals surface area contributed by atoms with Gasteiger partial charge in [-0.3, -0.25) is 0 Å². The molecule has 0 radical (unpaired) electrons. The molecule has 5 nitrogen and oxygen atoms in total. The molecule has 0 saturated heterocycles. The first-order valence-electron chi connectivity index (χ1n) is 6.93. The molecule has 1 atom stereocenters. The van der Waals surface area contributed by atoms with E-state index >= 15 is 0 Å². The fraction of sp³-hybridized carbons (Fsp3) is 0.125. The maximum absolute atomic E-state index is 14.3. The minimum absolute atomic E-state index is 0.0595. The molecule has 0 aliphatic rings. The number of aromatic nitrogens is 2. The summed E-state index contributed by atoms with van der Waals surface area (Å²) in [5.74, 6) is -0.479. The monoisotopic (exact) mass is 349 g/mol. The van der Waals surface area contributed by atoms with Gasteiger partial charge in [0.05, 0.1) is 9.73 Å². The van der Waals surface area contributed by atoms with Crippen molar-refractivity contribution in [1.82, 2.24) is 10.1 Å². The van der Waals surface area contributed by atoms with Gasteiger partial charge in [-0.1, -0.05) is 5.16 Å². The molecule has 3 rings (SSSR count). The molecule has 3 aromatic rings. The highest BCUT2D eigenvalue weighted by Crippen LogP contribution is 2.27. The van der Waals surface area contributed by atoms with Crippen LogP contribution in [0.3, 0.4) is 0 Å². The normalized spacial score (nSPS) is 13.5. The molecule has 0 aliphatic carbocycles. The molecule has 1 aromatic heterocycles. The molecule has 0 spiro atoms. The van der Waals surface area contributed by atoms with Gasteiger partial charge in [0, 0.05) is 23.6 Å². The highest BCUT2D eigenvalue weighted by Gasteiger charge is 2.12. The van der Waals surface area contributed by atoms with Crippen LogP contribution in [0.2, 0.25) is 0 Å². The summed E-state index contributed by atoms with van der Waals surface area (Å²) in [5, 5.41) is 3.71. The summed E-state index contributed by atoms with van der Waals surface area (Å²) in [6, 6.07) is 9.27. The van der Waals surface area contributed by atoms with Crippen LogP contribution in [0.1, 0.15) is 5.89 Å². The largest absolute Gasteiger partial charge is 0.339 e. The van der Waals surface area contributed by atoms with Crippen LogP contribution < -0.4 is 0 Å². The lowest BCUT2D eigenvalue weighted by molar-refractivity contribution is 0.394. The van der Waals surface area contributed by atoms with Gasteiger partial charge in [0.25, 0.3) is 0 Å². The molecular formula is C16H13F2N3O2S. The van der Waals surface area contributed by atoms with E-state index in [1.807, 2.05) is 0 Å². The van der Waals surface area contributed by atoms with Gasteiger partial charge in [-0.25, -0.2) is 13.0 Å². The molecule has 1 heterocycles. The van der Waals surface area contributed by atoms with Crippen LogP contribution in [-0.4, -0.2) is 20.6 Å². The summed E-state index contributed by atoms with van der Waals surface area (Å²) in [6.45, 7) is 1.63. The summed E-state index contributed by atoms with van der Waals surface area (Å²) < 4.78 is 48.8. The van der Waals surface area contributed by atoms with Crippen molar-refractivity contribution in [3.63, 3.8) is 0 Å². The molecule has 0 saturated carbocycles. The van der Waals surface area contributed by atoms with Crippen LogP contribution in [0, 0.1) is 18.6 Å². The van der Waals surface area contributed by atoms with Crippen molar-refractivity contribution in [1.29, 1.82) is 0 Å². The first-order valence-corrected chi connectivity index (χ1v) is 8.85. The molecule has 0 amide bonds. The quantitative estimate of drug-likeness (QED) is 0.713. The molecule has 8 heteroatoms. The smallest absolute Gasteiger partial charge is 0.223 e. The number of hydrogen-bond donors (Lipinski definition) is 0. The van der Waals surface area contributed by atoms with Crippen LogP contribution in [0.15, 0.2) is 56.2 Å². The molecule has 24 heavy (non-hydrogen) atoms. The second-order valence-corrected chi connectivity index (χ2v) is 7.41. The molecule has 2 aromatic carbocycles. The SMILES string of the molecule is Cc1nc(-c2ccc(N=S(C)(=O)c3ccc(F)cc3)c(F)c2)no1. The number of halogens is 2. The van der Waals surface area contributed by atoms with Gasteiger partial charge >= 0.3 is 0 Å². The average molecular weight is 349 g/mol. The molecule has 0 fully saturated rings. The van der Waals surface area contributed by atoms with Crippen molar-refractivity contribution >= 4 is 15.4 Å². The van der Waals surface area contributed by atoms with Gasteiger partial charge in [0.2, 0.25) is 11.7 Å². The van der Waals surface area contributed by atoms with E-state index in [1.165, 1.54) is 42.7 Å². The number of aryl methyl sites for hydroxylation is 1. The van der Waals surface area contributed by atoms with Gasteiger partial charge in [-0.05, 0) is 42.5 Å². The van der Waals surface area contributed by atoms with E-state index in [0.717, 1.165) is 0 Å². The number of benzene rings is 2. The maximum Gasteiger partial charge on any atom is 0.223 e. The Labute approximate surface area is 137 Å². The zero-order valence-electron chi connectivity index (χ0n) is 12.9. The maximum atomic E-state index is 14.3. The summed E-state index contributed by atoms with van der Waals surface area (Å²) in [6.07, 6.45) is 1.37. The van der Waals surface area contributed by atoms with Crippen molar-refractivity contribution in [2.45, 2.75) is 11.8 Å². The van der Waals surface area contributed by atoms with Crippen molar-refractivity contribution in [2.75, 3.05) is 6.26 Å². The summed E-state index contributed by atoms with van der Waals surface area (Å²) in [7, 11) is -2.91. The van der Waals surface area contributed by atoms with Crippen molar-refractivity contribution in [2.24, 2.45) is 4.36 Å². The standard InChI is InChI=1S/C16H13F2N3O2S/c1-10-19-16(20-23-10)11-3-8-15(14(18)9-11)21-24(2,22)13-6-4-12(17)5-7-13/h3-9H,1-2H3. The zero-order valence-corrected chi connectivity index (χ0v) is 13.7. The Morgan fingerprint density at radius 3 is 2.42 bits per heavy atom. The Hall–Kier alpha value is -2.61. The van der Waals surface area contributed by atoms with Crippen molar-refractivity contribution in [3.05, 3.63) is 60.0 Å². The van der Waals surface area contributed by atoms with Crippen molar-refractivity contribution < 1.29 is 17.5 Å². The minimum Gasteiger partial charge on any atom is -0.339 e. The van der Waals surface area contributed by atoms with Gasteiger partial charge in [0.15, 0.2) is 0 Å². The number of hydrogen-bond acceptors (Lipinski definition) is 5. The predicted molar refractivity (Wildman–Crippen MR) is 85.2 cm³/mol. The average Bonchev–Trinajstić information content (AvgIpc) is 2.96. The van der Waals surface area contributed by atoms with E-state index in [2.05, 4.69) is 14.5 Å². The van der Waals surface area contributed by atoms with E-state index in [1.54, 1.807) is 13.0 Å². The molecular weight excluding hydrogens is 336 g/mol. The third kappa shape index (κ3) is 3.33. The number of nitrogens with zero attached hydrogens (tertiary/aromatic N) is 3. The second kappa shape index (κ2) is 6.12. The fourth-order valence-corrected chi connectivity index (χ4v) is 3.33. The Bertz CT molecular complexity index is 1010. The number of rotatable bonds is 3. The molecule has 0 aliphatic heterocycles. The molecule has 0 bridgehead atoms. The highest BCUT2D eigenvalue weighted by molar-refractivity contribution is 7.93. The lowest BCUT2D eigenvalue weighted by Gasteiger charge is -2.06. The first-order chi connectivity index (χ1) is 11.3. The Morgan fingerprint density at radius 2 is 1.83 bits per heavy atom. The lowest BCUT2D eigenvalue weighted by Crippen LogP contribution is -1.97. The highest BCUT2D eigenvalue weighted by atomic mass is 32.2. The topological polar surface area (TPSA) is 68.3 Å². The molecule has 124 valence electrons. The second-order valence-electron chi connectivity index (χ2n) is 5.15. The van der Waals surface area contributed by atoms with E-state index < -0.39 is 21.4 Å². The van der Waals surface area contributed by atoms with Gasteiger partial charge < -0.3 is 4.52 Å². The van der Waals surface area contributed by atoms with Crippen LogP contribution in [0.5, 0.6) is 0 Å². The Kier molecular flexibility index (Phi) is 4.15. The first kappa shape index (κ1) is 16.3. The van der Waals surface area contributed by atoms with Crippen molar-refractivity contribution in [3.8, 4) is 11.4 Å². The Morgan fingerprint density at radius 1 is 1.12 bits per heavy atom. The lowest BCUT2D eigenvalue weighted by atomic mass is 10.2.